The molecule has 0 unspecified atom stereocenters. The van der Waals surface area contributed by atoms with E-state index in [1.165, 1.54) is 0 Å². The zero-order chi connectivity index (χ0) is 23.6. The van der Waals surface area contributed by atoms with Crippen LogP contribution in [0.25, 0.3) is 0 Å². The Bertz CT molecular complexity index is 706. The molecule has 0 radical (unpaired) electrons. The van der Waals surface area contributed by atoms with E-state index >= 15 is 0 Å². The predicted molar refractivity (Wildman–Crippen MR) is 127 cm³/mol. The molecule has 0 heterocycles. The third-order valence-corrected chi connectivity index (χ3v) is 11.6. The molecule has 0 aromatic carbocycles. The Morgan fingerprint density at radius 3 is 2.16 bits per heavy atom. The maximum atomic E-state index is 13.3. The minimum atomic E-state index is -0.694. The van der Waals surface area contributed by atoms with Gasteiger partial charge in [0.2, 0.25) is 0 Å². The number of carbonyl (C=O) groups is 1. The van der Waals surface area contributed by atoms with Gasteiger partial charge in [0.05, 0.1) is 18.3 Å². The van der Waals surface area contributed by atoms with Gasteiger partial charge in [-0.3, -0.25) is 4.79 Å². The van der Waals surface area contributed by atoms with Crippen molar-refractivity contribution >= 4 is 5.78 Å². The van der Waals surface area contributed by atoms with Crippen LogP contribution in [0.1, 0.15) is 92.9 Å². The highest BCUT2D eigenvalue weighted by Crippen LogP contribution is 2.67. The number of ketones is 1. The average molecular weight is 449 g/mol. The highest BCUT2D eigenvalue weighted by Gasteiger charge is 2.63. The Morgan fingerprint density at radius 2 is 1.50 bits per heavy atom. The van der Waals surface area contributed by atoms with Crippen molar-refractivity contribution in [2.75, 3.05) is 0 Å². The standard InChI is InChI=1S/C28H48O4/c1-15(2)16(3)25(31)26(32)17(4)20-7-8-21-19-14-24(30)23-13-18(29)9-11-28(23,6)22(19)10-12-27(20,21)5/h15-23,25-26,29,31-32H,7-14H2,1-6H3/t16-,17+,18-,19+,20-,21+,22+,23-,25-,26-,27-,28-/m1/s1. The van der Waals surface area contributed by atoms with Crippen molar-refractivity contribution in [1.29, 1.82) is 0 Å². The van der Waals surface area contributed by atoms with E-state index in [-0.39, 0.29) is 34.7 Å². The molecule has 0 amide bonds. The van der Waals surface area contributed by atoms with Gasteiger partial charge in [0.1, 0.15) is 5.78 Å². The van der Waals surface area contributed by atoms with Gasteiger partial charge in [-0.25, -0.2) is 0 Å². The van der Waals surface area contributed by atoms with Crippen molar-refractivity contribution in [3.05, 3.63) is 0 Å². The van der Waals surface area contributed by atoms with Crippen LogP contribution in [-0.4, -0.2) is 39.4 Å². The summed E-state index contributed by atoms with van der Waals surface area (Å²) in [6.07, 6.45) is 6.05. The third kappa shape index (κ3) is 3.71. The maximum Gasteiger partial charge on any atom is 0.136 e. The Balaban J connectivity index is 1.54. The Hall–Kier alpha value is -0.450. The summed E-state index contributed by atoms with van der Waals surface area (Å²) < 4.78 is 0. The highest BCUT2D eigenvalue weighted by atomic mass is 16.3. The first-order valence-electron chi connectivity index (χ1n) is 13.5. The Labute approximate surface area is 195 Å². The van der Waals surface area contributed by atoms with E-state index in [0.717, 1.165) is 38.5 Å². The number of Topliss-reactive ketones (excluding diaryl/α,β-unsaturated/α-hetero) is 1. The molecule has 32 heavy (non-hydrogen) atoms. The van der Waals surface area contributed by atoms with E-state index in [1.54, 1.807) is 0 Å². The van der Waals surface area contributed by atoms with Gasteiger partial charge < -0.3 is 15.3 Å². The van der Waals surface area contributed by atoms with Crippen molar-refractivity contribution < 1.29 is 20.1 Å². The van der Waals surface area contributed by atoms with E-state index in [0.29, 0.717) is 48.2 Å². The lowest BCUT2D eigenvalue weighted by Gasteiger charge is -2.60. The summed E-state index contributed by atoms with van der Waals surface area (Å²) in [5, 5.41) is 32.2. The topological polar surface area (TPSA) is 77.8 Å². The molecule has 0 aromatic rings. The van der Waals surface area contributed by atoms with Crippen molar-refractivity contribution in [3.63, 3.8) is 0 Å². The van der Waals surface area contributed by atoms with Crippen molar-refractivity contribution in [3.8, 4) is 0 Å². The van der Waals surface area contributed by atoms with Crippen LogP contribution in [0.2, 0.25) is 0 Å². The zero-order valence-corrected chi connectivity index (χ0v) is 21.3. The molecular weight excluding hydrogens is 400 g/mol. The molecule has 0 spiro atoms. The van der Waals surface area contributed by atoms with Gasteiger partial charge in [0.15, 0.2) is 0 Å². The second-order valence-electron chi connectivity index (χ2n) is 13.2. The number of carbonyl (C=O) groups excluding carboxylic acids is 1. The largest absolute Gasteiger partial charge is 0.393 e. The summed E-state index contributed by atoms with van der Waals surface area (Å²) in [6.45, 7) is 13.2. The first-order chi connectivity index (χ1) is 14.9. The molecule has 4 aliphatic carbocycles. The van der Waals surface area contributed by atoms with Gasteiger partial charge in [-0.05, 0) is 97.2 Å². The smallest absolute Gasteiger partial charge is 0.136 e. The minimum Gasteiger partial charge on any atom is -0.393 e. The van der Waals surface area contributed by atoms with Crippen molar-refractivity contribution in [2.45, 2.75) is 111 Å². The lowest BCUT2D eigenvalue weighted by Crippen LogP contribution is -2.57. The predicted octanol–water partition coefficient (Wildman–Crippen LogP) is 4.84. The molecule has 4 heteroatoms. The van der Waals surface area contributed by atoms with Gasteiger partial charge in [0, 0.05) is 12.3 Å². The normalized spacial score (nSPS) is 47.9. The molecule has 4 nitrogen and oxygen atoms in total. The first-order valence-corrected chi connectivity index (χ1v) is 13.5. The third-order valence-electron chi connectivity index (χ3n) is 11.6. The van der Waals surface area contributed by atoms with Crippen molar-refractivity contribution in [2.24, 2.45) is 58.2 Å². The zero-order valence-electron chi connectivity index (χ0n) is 21.3. The summed E-state index contributed by atoms with van der Waals surface area (Å²) in [5.74, 6) is 2.88. The number of rotatable bonds is 5. The fourth-order valence-corrected chi connectivity index (χ4v) is 9.18. The van der Waals surface area contributed by atoms with Gasteiger partial charge in [-0.1, -0.05) is 41.5 Å². The fraction of sp³-hybridized carbons (Fsp3) is 0.964. The molecule has 184 valence electrons. The quantitative estimate of drug-likeness (QED) is 0.563. The van der Waals surface area contributed by atoms with Crippen LogP contribution in [-0.2, 0) is 4.79 Å². The SMILES string of the molecule is CC(C)[C@@H](C)[C@@H](O)[C@H](O)[C@@H](C)[C@H]1CC[C@H]2[C@@H]3CC(=O)[C@H]4C[C@H](O)CC[C@]4(C)[C@H]3CC[C@]12C. The second kappa shape index (κ2) is 8.64. The summed E-state index contributed by atoms with van der Waals surface area (Å²) in [4.78, 5) is 13.3. The molecule has 4 fully saturated rings. The summed E-state index contributed by atoms with van der Waals surface area (Å²) in [7, 11) is 0. The molecule has 0 saturated heterocycles. The molecule has 4 aliphatic rings. The summed E-state index contributed by atoms with van der Waals surface area (Å²) >= 11 is 0. The van der Waals surface area contributed by atoms with Gasteiger partial charge in [-0.2, -0.15) is 0 Å². The second-order valence-corrected chi connectivity index (χ2v) is 13.2. The van der Waals surface area contributed by atoms with E-state index in [1.807, 2.05) is 6.92 Å². The molecule has 0 bridgehead atoms. The molecule has 4 rings (SSSR count). The number of aliphatic hydroxyl groups is 3. The van der Waals surface area contributed by atoms with E-state index in [2.05, 4.69) is 34.6 Å². The van der Waals surface area contributed by atoms with Crippen LogP contribution in [0.4, 0.5) is 0 Å². The number of hydrogen-bond acceptors (Lipinski definition) is 4. The van der Waals surface area contributed by atoms with E-state index in [4.69, 9.17) is 0 Å². The molecule has 3 N–H and O–H groups in total. The molecule has 4 saturated carbocycles. The number of fused-ring (bicyclic) bond motifs is 5. The minimum absolute atomic E-state index is 0.0440. The maximum absolute atomic E-state index is 13.3. The van der Waals surface area contributed by atoms with Crippen LogP contribution in [0.5, 0.6) is 0 Å². The molecule has 12 atom stereocenters. The summed E-state index contributed by atoms with van der Waals surface area (Å²) in [5.41, 5.74) is 0.187. The highest BCUT2D eigenvalue weighted by molar-refractivity contribution is 5.83. The van der Waals surface area contributed by atoms with Gasteiger partial charge in [0.25, 0.3) is 0 Å². The Morgan fingerprint density at radius 1 is 0.875 bits per heavy atom. The van der Waals surface area contributed by atoms with Gasteiger partial charge >= 0.3 is 0 Å². The van der Waals surface area contributed by atoms with E-state index < -0.39 is 12.2 Å². The fourth-order valence-electron chi connectivity index (χ4n) is 9.18. The van der Waals surface area contributed by atoms with Crippen LogP contribution < -0.4 is 0 Å². The molecule has 0 aromatic heterocycles. The Kier molecular flexibility index (Phi) is 6.66. The van der Waals surface area contributed by atoms with E-state index in [9.17, 15) is 20.1 Å². The summed E-state index contributed by atoms with van der Waals surface area (Å²) in [6, 6.07) is 0. The lowest BCUT2D eigenvalue weighted by molar-refractivity contribution is -0.161. The average Bonchev–Trinajstić information content (AvgIpc) is 3.10. The number of aliphatic hydroxyl groups excluding tert-OH is 3. The molecular formula is C28H48O4. The monoisotopic (exact) mass is 448 g/mol. The lowest BCUT2D eigenvalue weighted by atomic mass is 9.44. The van der Waals surface area contributed by atoms with Crippen LogP contribution in [0.15, 0.2) is 0 Å². The first kappa shape index (κ1) is 24.7. The van der Waals surface area contributed by atoms with Crippen LogP contribution in [0, 0.1) is 58.2 Å². The van der Waals surface area contributed by atoms with Crippen LogP contribution in [0.3, 0.4) is 0 Å². The molecule has 0 aliphatic heterocycles. The number of hydrogen-bond donors (Lipinski definition) is 3. The van der Waals surface area contributed by atoms with Gasteiger partial charge in [-0.15, -0.1) is 0 Å². The van der Waals surface area contributed by atoms with Crippen LogP contribution >= 0.6 is 0 Å². The van der Waals surface area contributed by atoms with Crippen molar-refractivity contribution in [1.82, 2.24) is 0 Å².